The number of carbonyl (C=O) groups is 2. The summed E-state index contributed by atoms with van der Waals surface area (Å²) in [7, 11) is 0. The standard InChI is InChI=1S/C18H22ClN3O2/c1-10-6-7-15(19)9-16(10)20-17(24)8-11(2)22-13(4)18(14(5)23)12(3)21-22/h6-7,9,11H,8H2,1-5H3,(H,20,24)/t11-/m0/s1. The summed E-state index contributed by atoms with van der Waals surface area (Å²) in [5, 5.41) is 7.88. The number of hydrogen-bond acceptors (Lipinski definition) is 3. The Labute approximate surface area is 147 Å². The van der Waals surface area contributed by atoms with E-state index in [1.165, 1.54) is 6.92 Å². The van der Waals surface area contributed by atoms with Gasteiger partial charge in [0.2, 0.25) is 5.91 Å². The number of aromatic nitrogens is 2. The molecule has 0 aliphatic rings. The maximum absolute atomic E-state index is 12.3. The van der Waals surface area contributed by atoms with Crippen LogP contribution in [-0.2, 0) is 4.79 Å². The monoisotopic (exact) mass is 347 g/mol. The minimum Gasteiger partial charge on any atom is -0.326 e. The third-order valence-electron chi connectivity index (χ3n) is 4.05. The first kappa shape index (κ1) is 18.2. The molecule has 0 spiro atoms. The summed E-state index contributed by atoms with van der Waals surface area (Å²) in [4.78, 5) is 24.0. The fourth-order valence-corrected chi connectivity index (χ4v) is 3.06. The fourth-order valence-electron chi connectivity index (χ4n) is 2.89. The predicted molar refractivity (Wildman–Crippen MR) is 95.9 cm³/mol. The molecular formula is C18H22ClN3O2. The quantitative estimate of drug-likeness (QED) is 0.822. The summed E-state index contributed by atoms with van der Waals surface area (Å²) >= 11 is 5.98. The molecule has 0 fully saturated rings. The average molecular weight is 348 g/mol. The highest BCUT2D eigenvalue weighted by Crippen LogP contribution is 2.23. The van der Waals surface area contributed by atoms with Crippen LogP contribution in [0.5, 0.6) is 0 Å². The Hall–Kier alpha value is -2.14. The predicted octanol–water partition coefficient (Wildman–Crippen LogP) is 4.25. The van der Waals surface area contributed by atoms with E-state index in [4.69, 9.17) is 11.6 Å². The molecule has 1 atom stereocenters. The number of anilines is 1. The molecule has 1 amide bonds. The molecule has 5 nitrogen and oxygen atoms in total. The lowest BCUT2D eigenvalue weighted by atomic mass is 10.1. The van der Waals surface area contributed by atoms with Crippen molar-refractivity contribution < 1.29 is 9.59 Å². The average Bonchev–Trinajstić information content (AvgIpc) is 2.77. The van der Waals surface area contributed by atoms with Gasteiger partial charge in [0, 0.05) is 22.8 Å². The van der Waals surface area contributed by atoms with Crippen LogP contribution in [0.4, 0.5) is 5.69 Å². The molecule has 0 saturated heterocycles. The zero-order valence-electron chi connectivity index (χ0n) is 14.6. The summed E-state index contributed by atoms with van der Waals surface area (Å²) < 4.78 is 1.75. The van der Waals surface area contributed by atoms with Gasteiger partial charge in [0.25, 0.3) is 0 Å². The second kappa shape index (κ2) is 7.18. The summed E-state index contributed by atoms with van der Waals surface area (Å²) in [6.07, 6.45) is 0.255. The maximum Gasteiger partial charge on any atom is 0.226 e. The van der Waals surface area contributed by atoms with Gasteiger partial charge in [0.1, 0.15) is 0 Å². The zero-order chi connectivity index (χ0) is 18.0. The summed E-state index contributed by atoms with van der Waals surface area (Å²) in [5.41, 5.74) is 3.77. The van der Waals surface area contributed by atoms with Crippen LogP contribution in [0.15, 0.2) is 18.2 Å². The van der Waals surface area contributed by atoms with E-state index in [0.29, 0.717) is 22.0 Å². The summed E-state index contributed by atoms with van der Waals surface area (Å²) in [6.45, 7) is 9.01. The molecule has 0 aliphatic heterocycles. The van der Waals surface area contributed by atoms with Gasteiger partial charge < -0.3 is 5.32 Å². The number of Topliss-reactive ketones (excluding diaryl/α,β-unsaturated/α-hetero) is 1. The lowest BCUT2D eigenvalue weighted by Gasteiger charge is -2.15. The minimum atomic E-state index is -0.156. The number of hydrogen-bond donors (Lipinski definition) is 1. The SMILES string of the molecule is CC(=O)c1c(C)nn([C@@H](C)CC(=O)Nc2cc(Cl)ccc2C)c1C. The molecule has 2 rings (SSSR count). The van der Waals surface area contributed by atoms with Crippen LogP contribution in [-0.4, -0.2) is 21.5 Å². The van der Waals surface area contributed by atoms with E-state index in [-0.39, 0.29) is 24.2 Å². The number of benzene rings is 1. The van der Waals surface area contributed by atoms with Gasteiger partial charge in [-0.05, 0) is 52.3 Å². The first-order chi connectivity index (χ1) is 11.2. The number of amides is 1. The highest BCUT2D eigenvalue weighted by atomic mass is 35.5. The first-order valence-electron chi connectivity index (χ1n) is 7.83. The largest absolute Gasteiger partial charge is 0.326 e. The molecule has 128 valence electrons. The third kappa shape index (κ3) is 3.85. The van der Waals surface area contributed by atoms with Gasteiger partial charge in [-0.25, -0.2) is 0 Å². The van der Waals surface area contributed by atoms with Crippen LogP contribution in [0.25, 0.3) is 0 Å². The van der Waals surface area contributed by atoms with Crippen LogP contribution in [0.3, 0.4) is 0 Å². The van der Waals surface area contributed by atoms with Gasteiger partial charge in [-0.2, -0.15) is 5.10 Å². The van der Waals surface area contributed by atoms with Crippen molar-refractivity contribution in [1.82, 2.24) is 9.78 Å². The van der Waals surface area contributed by atoms with Crippen molar-refractivity contribution in [2.75, 3.05) is 5.32 Å². The second-order valence-corrected chi connectivity index (χ2v) is 6.54. The smallest absolute Gasteiger partial charge is 0.226 e. The first-order valence-corrected chi connectivity index (χ1v) is 8.21. The Bertz CT molecular complexity index is 796. The van der Waals surface area contributed by atoms with Crippen molar-refractivity contribution in [2.45, 2.75) is 47.1 Å². The molecule has 0 bridgehead atoms. The van der Waals surface area contributed by atoms with Crippen LogP contribution in [0, 0.1) is 20.8 Å². The Morgan fingerprint density at radius 1 is 1.29 bits per heavy atom. The number of ketones is 1. The molecule has 0 radical (unpaired) electrons. The molecule has 0 aliphatic carbocycles. The number of aryl methyl sites for hydroxylation is 2. The molecule has 6 heteroatoms. The molecular weight excluding hydrogens is 326 g/mol. The third-order valence-corrected chi connectivity index (χ3v) is 4.28. The number of carbonyl (C=O) groups excluding carboxylic acids is 2. The summed E-state index contributed by atoms with van der Waals surface area (Å²) in [5.74, 6) is -0.132. The van der Waals surface area contributed by atoms with E-state index in [2.05, 4.69) is 10.4 Å². The number of nitrogens with zero attached hydrogens (tertiary/aromatic N) is 2. The van der Waals surface area contributed by atoms with Gasteiger partial charge in [-0.15, -0.1) is 0 Å². The van der Waals surface area contributed by atoms with Crippen molar-refractivity contribution in [2.24, 2.45) is 0 Å². The topological polar surface area (TPSA) is 64.0 Å². The van der Waals surface area contributed by atoms with E-state index >= 15 is 0 Å². The highest BCUT2D eigenvalue weighted by molar-refractivity contribution is 6.31. The summed E-state index contributed by atoms with van der Waals surface area (Å²) in [6, 6.07) is 5.23. The lowest BCUT2D eigenvalue weighted by Crippen LogP contribution is -2.19. The van der Waals surface area contributed by atoms with Crippen LogP contribution < -0.4 is 5.32 Å². The van der Waals surface area contributed by atoms with E-state index in [1.807, 2.05) is 33.8 Å². The van der Waals surface area contributed by atoms with Crippen LogP contribution in [0.1, 0.15) is 53.6 Å². The van der Waals surface area contributed by atoms with Gasteiger partial charge in [-0.1, -0.05) is 17.7 Å². The molecule has 0 unspecified atom stereocenters. The van der Waals surface area contributed by atoms with E-state index in [0.717, 1.165) is 11.3 Å². The van der Waals surface area contributed by atoms with E-state index in [1.54, 1.807) is 16.8 Å². The molecule has 1 aromatic heterocycles. The van der Waals surface area contributed by atoms with Crippen LogP contribution in [0.2, 0.25) is 5.02 Å². The van der Waals surface area contributed by atoms with Gasteiger partial charge in [0.05, 0.1) is 17.3 Å². The zero-order valence-corrected chi connectivity index (χ0v) is 15.4. The number of nitrogens with one attached hydrogen (secondary N) is 1. The Balaban J connectivity index is 2.13. The fraction of sp³-hybridized carbons (Fsp3) is 0.389. The van der Waals surface area contributed by atoms with Crippen molar-refractivity contribution in [3.8, 4) is 0 Å². The Morgan fingerprint density at radius 3 is 2.54 bits per heavy atom. The molecule has 24 heavy (non-hydrogen) atoms. The Kier molecular flexibility index (Phi) is 5.44. The number of halogens is 1. The number of rotatable bonds is 5. The maximum atomic E-state index is 12.3. The van der Waals surface area contributed by atoms with Gasteiger partial charge in [-0.3, -0.25) is 14.3 Å². The van der Waals surface area contributed by atoms with Gasteiger partial charge in [0.15, 0.2) is 5.78 Å². The molecule has 0 saturated carbocycles. The minimum absolute atomic E-state index is 0.0116. The van der Waals surface area contributed by atoms with Gasteiger partial charge >= 0.3 is 0 Å². The van der Waals surface area contributed by atoms with Crippen molar-refractivity contribution in [3.63, 3.8) is 0 Å². The van der Waals surface area contributed by atoms with Crippen LogP contribution >= 0.6 is 11.6 Å². The Morgan fingerprint density at radius 2 is 1.96 bits per heavy atom. The van der Waals surface area contributed by atoms with Crippen molar-refractivity contribution in [1.29, 1.82) is 0 Å². The molecule has 2 aromatic rings. The van der Waals surface area contributed by atoms with E-state index in [9.17, 15) is 9.59 Å². The van der Waals surface area contributed by atoms with Crippen molar-refractivity contribution >= 4 is 29.0 Å². The normalized spacial score (nSPS) is 12.1. The molecule has 1 N–H and O–H groups in total. The lowest BCUT2D eigenvalue weighted by molar-refractivity contribution is -0.116. The second-order valence-electron chi connectivity index (χ2n) is 6.11. The molecule has 1 heterocycles. The van der Waals surface area contributed by atoms with E-state index < -0.39 is 0 Å². The molecule has 1 aromatic carbocycles. The van der Waals surface area contributed by atoms with Crippen molar-refractivity contribution in [3.05, 3.63) is 45.7 Å². The highest BCUT2D eigenvalue weighted by Gasteiger charge is 2.20.